The number of aliphatic imine (C=N–C) groups is 2. The van der Waals surface area contributed by atoms with E-state index < -0.39 is 0 Å². The molecule has 4 nitrogen and oxygen atoms in total. The molecule has 1 atom stereocenters. The van der Waals surface area contributed by atoms with E-state index in [-0.39, 0.29) is 6.17 Å². The van der Waals surface area contributed by atoms with E-state index in [2.05, 4.69) is 157 Å². The molecule has 1 N–H and O–H groups in total. The maximum atomic E-state index is 6.63. The summed E-state index contributed by atoms with van der Waals surface area (Å²) >= 11 is 0. The Kier molecular flexibility index (Phi) is 7.51. The predicted molar refractivity (Wildman–Crippen MR) is 219 cm³/mol. The first-order chi connectivity index (χ1) is 26.3. The van der Waals surface area contributed by atoms with Crippen molar-refractivity contribution in [2.24, 2.45) is 9.98 Å². The van der Waals surface area contributed by atoms with Gasteiger partial charge >= 0.3 is 0 Å². The van der Waals surface area contributed by atoms with Gasteiger partial charge in [-0.05, 0) is 62.4 Å². The number of furan rings is 1. The molecular formula is C49H33N3O. The van der Waals surface area contributed by atoms with Crippen molar-refractivity contribution in [1.29, 1.82) is 0 Å². The summed E-state index contributed by atoms with van der Waals surface area (Å²) in [5.41, 5.74) is 11.5. The van der Waals surface area contributed by atoms with E-state index in [1.807, 2.05) is 36.4 Å². The summed E-state index contributed by atoms with van der Waals surface area (Å²) in [4.78, 5) is 10.5. The van der Waals surface area contributed by atoms with Crippen LogP contribution in [-0.2, 0) is 0 Å². The Morgan fingerprint density at radius 3 is 1.89 bits per heavy atom. The van der Waals surface area contributed by atoms with Gasteiger partial charge in [-0.15, -0.1) is 0 Å². The van der Waals surface area contributed by atoms with E-state index >= 15 is 0 Å². The number of nitrogens with zero attached hydrogens (tertiary/aromatic N) is 2. The third-order valence-electron chi connectivity index (χ3n) is 10.1. The molecule has 10 rings (SSSR count). The van der Waals surface area contributed by atoms with Gasteiger partial charge in [0, 0.05) is 27.5 Å². The summed E-state index contributed by atoms with van der Waals surface area (Å²) in [7, 11) is 0. The lowest BCUT2D eigenvalue weighted by Gasteiger charge is -2.25. The number of amidine groups is 2. The molecule has 1 aliphatic rings. The molecule has 250 valence electrons. The highest BCUT2D eigenvalue weighted by atomic mass is 16.3. The highest BCUT2D eigenvalue weighted by Crippen LogP contribution is 2.39. The van der Waals surface area contributed by atoms with E-state index in [1.165, 1.54) is 21.9 Å². The quantitative estimate of drug-likeness (QED) is 0.190. The lowest BCUT2D eigenvalue weighted by Crippen LogP contribution is -2.33. The van der Waals surface area contributed by atoms with Gasteiger partial charge in [0.1, 0.15) is 23.2 Å². The van der Waals surface area contributed by atoms with Crippen LogP contribution in [-0.4, -0.2) is 11.7 Å². The lowest BCUT2D eigenvalue weighted by atomic mass is 9.91. The number of fused-ring (bicyclic) bond motifs is 4. The number of hydrogen-bond acceptors (Lipinski definition) is 4. The van der Waals surface area contributed by atoms with Gasteiger partial charge in [0.15, 0.2) is 5.84 Å². The third-order valence-corrected chi connectivity index (χ3v) is 10.1. The van der Waals surface area contributed by atoms with Crippen LogP contribution in [0.25, 0.3) is 66.1 Å². The van der Waals surface area contributed by atoms with E-state index in [4.69, 9.17) is 14.4 Å². The van der Waals surface area contributed by atoms with Crippen molar-refractivity contribution in [3.63, 3.8) is 0 Å². The maximum Gasteiger partial charge on any atom is 0.159 e. The zero-order chi connectivity index (χ0) is 35.1. The van der Waals surface area contributed by atoms with Crippen LogP contribution in [0.2, 0.25) is 0 Å². The van der Waals surface area contributed by atoms with Gasteiger partial charge in [-0.3, -0.25) is 0 Å². The first-order valence-corrected chi connectivity index (χ1v) is 17.9. The molecule has 1 aromatic heterocycles. The van der Waals surface area contributed by atoms with Crippen molar-refractivity contribution in [2.75, 3.05) is 0 Å². The molecule has 1 aliphatic heterocycles. The molecule has 8 aromatic carbocycles. The fourth-order valence-corrected chi connectivity index (χ4v) is 7.56. The van der Waals surface area contributed by atoms with Crippen molar-refractivity contribution in [2.45, 2.75) is 6.17 Å². The molecule has 0 bridgehead atoms. The highest BCUT2D eigenvalue weighted by Gasteiger charge is 2.25. The zero-order valence-electron chi connectivity index (χ0n) is 28.8. The van der Waals surface area contributed by atoms with E-state index in [0.29, 0.717) is 5.84 Å². The van der Waals surface area contributed by atoms with Crippen molar-refractivity contribution >= 4 is 44.4 Å². The van der Waals surface area contributed by atoms with Crippen LogP contribution >= 0.6 is 0 Å². The van der Waals surface area contributed by atoms with E-state index in [0.717, 1.165) is 66.7 Å². The fourth-order valence-electron chi connectivity index (χ4n) is 7.56. The average Bonchev–Trinajstić information content (AvgIpc) is 3.63. The SMILES string of the molecule is c1ccc(C2=NC(c3ccc(-c4ccc5ccccc5c4)c(-c4ccccc4)c3)NC(c3cccc4oc5c(-c6ccccc6)cccc5c34)=N2)cc1. The summed E-state index contributed by atoms with van der Waals surface area (Å²) in [5.74, 6) is 1.43. The molecular weight excluding hydrogens is 647 g/mol. The van der Waals surface area contributed by atoms with Gasteiger partial charge < -0.3 is 9.73 Å². The second-order valence-corrected chi connectivity index (χ2v) is 13.4. The molecule has 0 amide bonds. The Bertz CT molecular complexity index is 2850. The second-order valence-electron chi connectivity index (χ2n) is 13.4. The zero-order valence-corrected chi connectivity index (χ0v) is 28.8. The number of rotatable bonds is 6. The monoisotopic (exact) mass is 679 g/mol. The van der Waals surface area contributed by atoms with Crippen LogP contribution in [0.3, 0.4) is 0 Å². The minimum Gasteiger partial charge on any atom is -0.455 e. The third kappa shape index (κ3) is 5.58. The number of hydrogen-bond donors (Lipinski definition) is 1. The van der Waals surface area contributed by atoms with Crippen molar-refractivity contribution in [3.8, 4) is 33.4 Å². The molecule has 53 heavy (non-hydrogen) atoms. The Balaban J connectivity index is 1.13. The highest BCUT2D eigenvalue weighted by molar-refractivity contribution is 6.22. The topological polar surface area (TPSA) is 49.9 Å². The standard InChI is InChI=1S/C49H33N3O/c1-4-15-33(16-5-1)40-22-12-23-41-45-42(24-13-25-44(45)53-46(40)41)49-51-47(35-19-8-3-9-20-35)50-48(52-49)38-28-29-39(43(31-38)34-17-6-2-7-18-34)37-27-26-32-14-10-11-21-36(32)30-37/h1-31,48H,(H,50,51,52). The van der Waals surface area contributed by atoms with Gasteiger partial charge in [0.2, 0.25) is 0 Å². The Hall–Kier alpha value is -7.04. The number of para-hydroxylation sites is 1. The molecule has 0 saturated heterocycles. The van der Waals surface area contributed by atoms with Crippen LogP contribution in [0, 0.1) is 0 Å². The van der Waals surface area contributed by atoms with Crippen molar-refractivity contribution in [1.82, 2.24) is 5.32 Å². The van der Waals surface area contributed by atoms with Crippen LogP contribution in [0.15, 0.2) is 202 Å². The van der Waals surface area contributed by atoms with Gasteiger partial charge in [0.05, 0.1) is 0 Å². The van der Waals surface area contributed by atoms with Gasteiger partial charge in [0.25, 0.3) is 0 Å². The summed E-state index contributed by atoms with van der Waals surface area (Å²) < 4.78 is 6.63. The van der Waals surface area contributed by atoms with Crippen molar-refractivity contribution in [3.05, 3.63) is 205 Å². The van der Waals surface area contributed by atoms with Crippen LogP contribution < -0.4 is 5.32 Å². The molecule has 1 unspecified atom stereocenters. The Labute approximate surface area is 307 Å². The van der Waals surface area contributed by atoms with Crippen LogP contribution in [0.1, 0.15) is 22.9 Å². The molecule has 4 heteroatoms. The largest absolute Gasteiger partial charge is 0.455 e. The second kappa shape index (κ2) is 12.9. The first kappa shape index (κ1) is 30.8. The summed E-state index contributed by atoms with van der Waals surface area (Å²) in [6.45, 7) is 0. The first-order valence-electron chi connectivity index (χ1n) is 17.9. The predicted octanol–water partition coefficient (Wildman–Crippen LogP) is 12.2. The Morgan fingerprint density at radius 2 is 1.11 bits per heavy atom. The van der Waals surface area contributed by atoms with Crippen LogP contribution in [0.5, 0.6) is 0 Å². The maximum absolute atomic E-state index is 6.63. The molecule has 0 radical (unpaired) electrons. The van der Waals surface area contributed by atoms with Gasteiger partial charge in [-0.1, -0.05) is 170 Å². The summed E-state index contributed by atoms with van der Waals surface area (Å²) in [5, 5.41) is 8.28. The molecule has 0 saturated carbocycles. The minimum atomic E-state index is -0.390. The molecule has 0 fully saturated rings. The van der Waals surface area contributed by atoms with E-state index in [9.17, 15) is 0 Å². The minimum absolute atomic E-state index is 0.390. The lowest BCUT2D eigenvalue weighted by molar-refractivity contribution is 0.668. The van der Waals surface area contributed by atoms with Gasteiger partial charge in [-0.2, -0.15) is 0 Å². The molecule has 0 aliphatic carbocycles. The van der Waals surface area contributed by atoms with Gasteiger partial charge in [-0.25, -0.2) is 9.98 Å². The van der Waals surface area contributed by atoms with Crippen molar-refractivity contribution < 1.29 is 4.42 Å². The smallest absolute Gasteiger partial charge is 0.159 e. The number of nitrogens with one attached hydrogen (secondary N) is 1. The molecule has 2 heterocycles. The summed E-state index contributed by atoms with van der Waals surface area (Å²) in [6, 6.07) is 65.8. The normalized spacial score (nSPS) is 14.2. The average molecular weight is 680 g/mol. The van der Waals surface area contributed by atoms with Crippen LogP contribution in [0.4, 0.5) is 0 Å². The Morgan fingerprint density at radius 1 is 0.453 bits per heavy atom. The number of benzene rings is 8. The fraction of sp³-hybridized carbons (Fsp3) is 0.0204. The molecule has 0 spiro atoms. The molecule has 9 aromatic rings. The van der Waals surface area contributed by atoms with E-state index in [1.54, 1.807) is 0 Å². The summed E-state index contributed by atoms with van der Waals surface area (Å²) in [6.07, 6.45) is -0.390.